The van der Waals surface area contributed by atoms with Gasteiger partial charge in [-0.15, -0.1) is 0 Å². The zero-order valence-electron chi connectivity index (χ0n) is 20.9. The molecule has 1 heterocycles. The van der Waals surface area contributed by atoms with Crippen LogP contribution < -0.4 is 15.2 Å². The van der Waals surface area contributed by atoms with Crippen molar-refractivity contribution < 1.29 is 29.0 Å². The van der Waals surface area contributed by atoms with Crippen LogP contribution in [0.5, 0.6) is 11.5 Å². The van der Waals surface area contributed by atoms with Crippen LogP contribution in [0.25, 0.3) is 5.76 Å². The van der Waals surface area contributed by atoms with Crippen LogP contribution in [0.2, 0.25) is 0 Å². The number of rotatable bonds is 12. The summed E-state index contributed by atoms with van der Waals surface area (Å²) in [6, 6.07) is 12.6. The highest BCUT2D eigenvalue weighted by Crippen LogP contribution is 2.39. The normalized spacial score (nSPS) is 17.0. The SMILES string of the molecule is CCOc1ccc(C(O)=C2C(=O)C(=O)N(CCN(CC)CC)C2c2ccc(OCC(N)=O)cc2)cc1. The largest absolute Gasteiger partial charge is 0.507 e. The third kappa shape index (κ3) is 6.04. The minimum Gasteiger partial charge on any atom is -0.507 e. The Morgan fingerprint density at radius 1 is 0.972 bits per heavy atom. The fraction of sp³-hybridized carbons (Fsp3) is 0.370. The second-order valence-corrected chi connectivity index (χ2v) is 8.30. The van der Waals surface area contributed by atoms with Gasteiger partial charge in [-0.3, -0.25) is 14.4 Å². The maximum Gasteiger partial charge on any atom is 0.295 e. The number of amides is 2. The Bertz CT molecular complexity index is 1110. The lowest BCUT2D eigenvalue weighted by Gasteiger charge is -2.28. The maximum atomic E-state index is 13.2. The maximum absolute atomic E-state index is 13.2. The van der Waals surface area contributed by atoms with Gasteiger partial charge in [-0.2, -0.15) is 0 Å². The summed E-state index contributed by atoms with van der Waals surface area (Å²) in [6.07, 6.45) is 0. The van der Waals surface area contributed by atoms with E-state index in [1.165, 1.54) is 4.90 Å². The van der Waals surface area contributed by atoms with E-state index in [2.05, 4.69) is 4.90 Å². The minimum absolute atomic E-state index is 0.0227. The Labute approximate surface area is 211 Å². The number of primary amides is 1. The van der Waals surface area contributed by atoms with E-state index in [0.717, 1.165) is 13.1 Å². The second kappa shape index (κ2) is 12.2. The number of Topliss-reactive ketones (excluding diaryl/α,β-unsaturated/α-hetero) is 1. The molecule has 9 nitrogen and oxygen atoms in total. The number of hydrogen-bond donors (Lipinski definition) is 2. The van der Waals surface area contributed by atoms with Crippen LogP contribution in [0, 0.1) is 0 Å². The number of ketones is 1. The second-order valence-electron chi connectivity index (χ2n) is 8.30. The molecule has 0 spiro atoms. The summed E-state index contributed by atoms with van der Waals surface area (Å²) in [5, 5.41) is 11.2. The Balaban J connectivity index is 2.02. The average molecular weight is 496 g/mol. The van der Waals surface area contributed by atoms with Crippen LogP contribution in [0.1, 0.15) is 37.9 Å². The Kier molecular flexibility index (Phi) is 9.08. The lowest BCUT2D eigenvalue weighted by Crippen LogP contribution is -2.38. The summed E-state index contributed by atoms with van der Waals surface area (Å²) in [7, 11) is 0. The lowest BCUT2D eigenvalue weighted by molar-refractivity contribution is -0.140. The van der Waals surface area contributed by atoms with Crippen LogP contribution in [0.4, 0.5) is 0 Å². The van der Waals surface area contributed by atoms with Crippen LogP contribution in [-0.2, 0) is 14.4 Å². The van der Waals surface area contributed by atoms with Gasteiger partial charge in [0.05, 0.1) is 18.2 Å². The fourth-order valence-electron chi connectivity index (χ4n) is 4.18. The number of aliphatic hydroxyl groups excluding tert-OH is 1. The first kappa shape index (κ1) is 26.7. The predicted octanol–water partition coefficient (Wildman–Crippen LogP) is 2.71. The number of aliphatic hydroxyl groups is 1. The topological polar surface area (TPSA) is 122 Å². The minimum atomic E-state index is -0.780. The fourth-order valence-corrected chi connectivity index (χ4v) is 4.18. The zero-order chi connectivity index (χ0) is 26.2. The highest BCUT2D eigenvalue weighted by molar-refractivity contribution is 6.46. The van der Waals surface area contributed by atoms with Crippen molar-refractivity contribution in [3.63, 3.8) is 0 Å². The predicted molar refractivity (Wildman–Crippen MR) is 136 cm³/mol. The number of nitrogens with two attached hydrogens (primary N) is 1. The standard InChI is InChI=1S/C27H33N3O6/c1-4-29(5-2)15-16-30-24(18-7-11-21(12-8-18)36-17-22(28)31)23(26(33)27(30)34)25(32)19-9-13-20(14-10-19)35-6-3/h7-14,24,32H,4-6,15-17H2,1-3H3,(H2,28,31). The molecule has 0 radical (unpaired) electrons. The first-order valence-electron chi connectivity index (χ1n) is 12.1. The molecule has 2 amide bonds. The van der Waals surface area contributed by atoms with Crippen molar-refractivity contribution in [3.05, 3.63) is 65.2 Å². The molecule has 1 saturated heterocycles. The summed E-state index contributed by atoms with van der Waals surface area (Å²) in [4.78, 5) is 41.0. The first-order chi connectivity index (χ1) is 17.3. The number of likely N-dealkylation sites (tertiary alicyclic amines) is 1. The van der Waals surface area contributed by atoms with Crippen molar-refractivity contribution >= 4 is 23.4 Å². The number of hydrogen-bond acceptors (Lipinski definition) is 7. The van der Waals surface area contributed by atoms with Crippen molar-refractivity contribution in [2.45, 2.75) is 26.8 Å². The third-order valence-corrected chi connectivity index (χ3v) is 6.11. The van der Waals surface area contributed by atoms with Gasteiger partial charge in [0.15, 0.2) is 6.61 Å². The quantitative estimate of drug-likeness (QED) is 0.264. The molecule has 9 heteroatoms. The Morgan fingerprint density at radius 3 is 2.11 bits per heavy atom. The molecule has 1 aliphatic rings. The van der Waals surface area contributed by atoms with Crippen molar-refractivity contribution in [2.75, 3.05) is 39.4 Å². The van der Waals surface area contributed by atoms with Crippen LogP contribution in [-0.4, -0.2) is 71.9 Å². The Hall–Kier alpha value is -3.85. The lowest BCUT2D eigenvalue weighted by atomic mass is 9.95. The molecule has 1 fully saturated rings. The van der Waals surface area contributed by atoms with Crippen LogP contribution >= 0.6 is 0 Å². The molecule has 2 aromatic rings. The highest BCUT2D eigenvalue weighted by Gasteiger charge is 2.46. The molecule has 0 aromatic heterocycles. The van der Waals surface area contributed by atoms with E-state index in [4.69, 9.17) is 15.2 Å². The highest BCUT2D eigenvalue weighted by atomic mass is 16.5. The molecule has 3 rings (SSSR count). The average Bonchev–Trinajstić information content (AvgIpc) is 3.13. The van der Waals surface area contributed by atoms with Gasteiger partial charge < -0.3 is 30.1 Å². The van der Waals surface area contributed by atoms with Crippen molar-refractivity contribution in [1.29, 1.82) is 0 Å². The van der Waals surface area contributed by atoms with E-state index in [-0.39, 0.29) is 17.9 Å². The number of ether oxygens (including phenoxy) is 2. The molecule has 3 N–H and O–H groups in total. The van der Waals surface area contributed by atoms with Gasteiger partial charge in [-0.05, 0) is 62.0 Å². The van der Waals surface area contributed by atoms with E-state index >= 15 is 0 Å². The Morgan fingerprint density at radius 2 is 1.56 bits per heavy atom. The van der Waals surface area contributed by atoms with Gasteiger partial charge in [-0.25, -0.2) is 0 Å². The number of carbonyl (C=O) groups excluding carboxylic acids is 3. The number of benzene rings is 2. The zero-order valence-corrected chi connectivity index (χ0v) is 20.9. The molecule has 0 aliphatic carbocycles. The molecule has 192 valence electrons. The van der Waals surface area contributed by atoms with Gasteiger partial charge in [0, 0.05) is 18.7 Å². The molecule has 1 atom stereocenters. The molecule has 0 saturated carbocycles. The summed E-state index contributed by atoms with van der Waals surface area (Å²) in [5.41, 5.74) is 6.20. The smallest absolute Gasteiger partial charge is 0.295 e. The van der Waals surface area contributed by atoms with E-state index in [1.54, 1.807) is 48.5 Å². The third-order valence-electron chi connectivity index (χ3n) is 6.11. The number of nitrogens with zero attached hydrogens (tertiary/aromatic N) is 2. The van der Waals surface area contributed by atoms with Crippen molar-refractivity contribution in [3.8, 4) is 11.5 Å². The molecular formula is C27H33N3O6. The monoisotopic (exact) mass is 495 g/mol. The summed E-state index contributed by atoms with van der Waals surface area (Å²) in [6.45, 7) is 8.69. The van der Waals surface area contributed by atoms with Gasteiger partial charge in [-0.1, -0.05) is 26.0 Å². The summed E-state index contributed by atoms with van der Waals surface area (Å²) >= 11 is 0. The molecule has 2 aromatic carbocycles. The molecular weight excluding hydrogens is 462 g/mol. The summed E-state index contributed by atoms with van der Waals surface area (Å²) < 4.78 is 10.8. The molecule has 0 bridgehead atoms. The van der Waals surface area contributed by atoms with Gasteiger partial charge in [0.1, 0.15) is 17.3 Å². The van der Waals surface area contributed by atoms with E-state index in [1.807, 2.05) is 20.8 Å². The van der Waals surface area contributed by atoms with Crippen molar-refractivity contribution in [2.24, 2.45) is 5.73 Å². The number of likely N-dealkylation sites (N-methyl/N-ethyl adjacent to an activating group) is 1. The van der Waals surface area contributed by atoms with Gasteiger partial charge in [0.25, 0.3) is 17.6 Å². The number of carbonyl (C=O) groups is 3. The molecule has 1 aliphatic heterocycles. The van der Waals surface area contributed by atoms with E-state index < -0.39 is 23.6 Å². The molecule has 1 unspecified atom stereocenters. The van der Waals surface area contributed by atoms with E-state index in [0.29, 0.717) is 42.3 Å². The molecule has 36 heavy (non-hydrogen) atoms. The van der Waals surface area contributed by atoms with Crippen LogP contribution in [0.3, 0.4) is 0 Å². The van der Waals surface area contributed by atoms with Gasteiger partial charge in [0.2, 0.25) is 0 Å². The van der Waals surface area contributed by atoms with E-state index in [9.17, 15) is 19.5 Å². The van der Waals surface area contributed by atoms with Crippen LogP contribution in [0.15, 0.2) is 54.1 Å². The van der Waals surface area contributed by atoms with Crippen molar-refractivity contribution in [1.82, 2.24) is 9.80 Å². The first-order valence-corrected chi connectivity index (χ1v) is 12.1. The van der Waals surface area contributed by atoms with Gasteiger partial charge >= 0.3 is 0 Å². The summed E-state index contributed by atoms with van der Waals surface area (Å²) in [5.74, 6) is -1.19.